The number of pyridine rings is 1. The first-order valence-corrected chi connectivity index (χ1v) is 10.3. The van der Waals surface area contributed by atoms with E-state index < -0.39 is 6.09 Å². The van der Waals surface area contributed by atoms with Crippen LogP contribution < -0.4 is 5.32 Å². The van der Waals surface area contributed by atoms with E-state index >= 15 is 0 Å². The van der Waals surface area contributed by atoms with Crippen LogP contribution in [0.25, 0.3) is 22.2 Å². The molecule has 0 saturated heterocycles. The zero-order chi connectivity index (χ0) is 19.7. The Kier molecular flexibility index (Phi) is 5.23. The minimum Gasteiger partial charge on any atom is -0.465 e. The number of rotatable bonds is 7. The van der Waals surface area contributed by atoms with Crippen molar-refractivity contribution in [3.8, 4) is 11.3 Å². The van der Waals surface area contributed by atoms with Gasteiger partial charge in [0.2, 0.25) is 0 Å². The molecule has 3 heterocycles. The number of carboxylic acid groups (broad SMARTS) is 1. The van der Waals surface area contributed by atoms with Crippen molar-refractivity contribution in [2.45, 2.75) is 36.9 Å². The van der Waals surface area contributed by atoms with E-state index in [0.717, 1.165) is 63.8 Å². The molecule has 0 spiro atoms. The molecule has 7 nitrogen and oxygen atoms in total. The van der Waals surface area contributed by atoms with Gasteiger partial charge in [-0.25, -0.2) is 9.78 Å². The van der Waals surface area contributed by atoms with Gasteiger partial charge in [0.1, 0.15) is 10.7 Å². The van der Waals surface area contributed by atoms with E-state index in [1.807, 2.05) is 12.1 Å². The Balaban J connectivity index is 1.81. The van der Waals surface area contributed by atoms with E-state index in [9.17, 15) is 4.79 Å². The first-order chi connectivity index (χ1) is 13.6. The number of nitrogens with zero attached hydrogens (tertiary/aromatic N) is 4. The Labute approximate surface area is 167 Å². The predicted octanol–water partition coefficient (Wildman–Crippen LogP) is 3.67. The van der Waals surface area contributed by atoms with Crippen molar-refractivity contribution < 1.29 is 9.90 Å². The van der Waals surface area contributed by atoms with Gasteiger partial charge in [-0.15, -0.1) is 0 Å². The van der Waals surface area contributed by atoms with Crippen molar-refractivity contribution in [3.05, 3.63) is 36.0 Å². The Morgan fingerprint density at radius 2 is 2.11 bits per heavy atom. The van der Waals surface area contributed by atoms with Gasteiger partial charge in [0.15, 0.2) is 0 Å². The summed E-state index contributed by atoms with van der Waals surface area (Å²) in [5.74, 6) is 0. The Morgan fingerprint density at radius 1 is 1.29 bits per heavy atom. The number of benzene rings is 1. The molecule has 146 valence electrons. The topological polar surface area (TPSA) is 83.3 Å². The van der Waals surface area contributed by atoms with Crippen LogP contribution in [0, 0.1) is 0 Å². The molecule has 2 aromatic heterocycles. The number of amides is 1. The molecule has 1 amide bonds. The van der Waals surface area contributed by atoms with Crippen molar-refractivity contribution in [1.29, 1.82) is 0 Å². The molecule has 0 fully saturated rings. The largest absolute Gasteiger partial charge is 0.465 e. The molecule has 1 aliphatic rings. The standard InChI is InChI=1S/C20H23N5O2S/c1-3-24(4-2)10-11-25-15-8-7-13(12-22-20(26)27)18-16(15)17(23-25)14-6-5-9-21-19(14)28-18/h5-9,22H,3-4,10-12H2,1-2H3,(H,26,27). The third kappa shape index (κ3) is 3.33. The Morgan fingerprint density at radius 3 is 2.86 bits per heavy atom. The lowest BCUT2D eigenvalue weighted by molar-refractivity contribution is 0.194. The monoisotopic (exact) mass is 397 g/mol. The Bertz CT molecular complexity index is 1030. The van der Waals surface area contributed by atoms with Crippen molar-refractivity contribution in [2.24, 2.45) is 0 Å². The van der Waals surface area contributed by atoms with E-state index in [0.29, 0.717) is 0 Å². The second kappa shape index (κ2) is 7.81. The SMILES string of the molecule is CCN(CC)CCn1nc2c3c(c(CNC(=O)O)ccc31)Sc1ncccc1-2. The molecule has 0 aliphatic carbocycles. The van der Waals surface area contributed by atoms with Gasteiger partial charge in [-0.3, -0.25) is 4.68 Å². The van der Waals surface area contributed by atoms with Crippen LogP contribution in [-0.2, 0) is 13.1 Å². The summed E-state index contributed by atoms with van der Waals surface area (Å²) in [5, 5.41) is 18.4. The minimum atomic E-state index is -1.03. The van der Waals surface area contributed by atoms with Gasteiger partial charge in [0.25, 0.3) is 0 Å². The molecule has 28 heavy (non-hydrogen) atoms. The maximum Gasteiger partial charge on any atom is 0.404 e. The summed E-state index contributed by atoms with van der Waals surface area (Å²) in [6, 6.07) is 8.03. The van der Waals surface area contributed by atoms with Crippen molar-refractivity contribution in [1.82, 2.24) is 25.0 Å². The lowest BCUT2D eigenvalue weighted by Crippen LogP contribution is -2.27. The summed E-state index contributed by atoms with van der Waals surface area (Å²) in [5.41, 5.74) is 4.00. The molecule has 1 aliphatic heterocycles. The maximum absolute atomic E-state index is 11.0. The van der Waals surface area contributed by atoms with E-state index in [-0.39, 0.29) is 6.54 Å². The second-order valence-corrected chi connectivity index (χ2v) is 7.66. The number of nitrogens with one attached hydrogen (secondary N) is 1. The van der Waals surface area contributed by atoms with Crippen molar-refractivity contribution >= 4 is 28.8 Å². The van der Waals surface area contributed by atoms with E-state index in [1.54, 1.807) is 18.0 Å². The highest BCUT2D eigenvalue weighted by atomic mass is 32.2. The second-order valence-electron chi connectivity index (χ2n) is 6.66. The highest BCUT2D eigenvalue weighted by Gasteiger charge is 2.26. The first kappa shape index (κ1) is 18.8. The highest BCUT2D eigenvalue weighted by molar-refractivity contribution is 7.99. The normalized spacial score (nSPS) is 12.4. The number of likely N-dealkylation sites (N-methyl/N-ethyl adjacent to an activating group) is 1. The van der Waals surface area contributed by atoms with Crippen LogP contribution in [0.5, 0.6) is 0 Å². The van der Waals surface area contributed by atoms with Crippen LogP contribution in [0.15, 0.2) is 40.4 Å². The zero-order valence-corrected chi connectivity index (χ0v) is 16.8. The summed E-state index contributed by atoms with van der Waals surface area (Å²) >= 11 is 1.59. The van der Waals surface area contributed by atoms with Crippen LogP contribution >= 0.6 is 11.8 Å². The summed E-state index contributed by atoms with van der Waals surface area (Å²) < 4.78 is 2.07. The van der Waals surface area contributed by atoms with Crippen LogP contribution in [0.1, 0.15) is 19.4 Å². The summed E-state index contributed by atoms with van der Waals surface area (Å²) in [4.78, 5) is 18.9. The molecule has 1 aromatic carbocycles. The fourth-order valence-corrected chi connectivity index (χ4v) is 4.75. The molecule has 8 heteroatoms. The quantitative estimate of drug-likeness (QED) is 0.495. The highest BCUT2D eigenvalue weighted by Crippen LogP contribution is 2.47. The number of aromatic nitrogens is 3. The molecular formula is C20H23N5O2S. The average molecular weight is 398 g/mol. The molecule has 4 rings (SSSR count). The van der Waals surface area contributed by atoms with Crippen molar-refractivity contribution in [2.75, 3.05) is 19.6 Å². The number of hydrogen-bond acceptors (Lipinski definition) is 5. The predicted molar refractivity (Wildman–Crippen MR) is 110 cm³/mol. The van der Waals surface area contributed by atoms with Gasteiger partial charge in [0.05, 0.1) is 12.1 Å². The first-order valence-electron chi connectivity index (χ1n) is 9.47. The van der Waals surface area contributed by atoms with E-state index in [1.165, 1.54) is 0 Å². The number of hydrogen-bond donors (Lipinski definition) is 2. The fourth-order valence-electron chi connectivity index (χ4n) is 3.59. The van der Waals surface area contributed by atoms with E-state index in [2.05, 4.69) is 45.9 Å². The smallest absolute Gasteiger partial charge is 0.404 e. The molecule has 2 N–H and O–H groups in total. The summed E-state index contributed by atoms with van der Waals surface area (Å²) in [7, 11) is 0. The molecule has 0 saturated carbocycles. The molecule has 3 aromatic rings. The van der Waals surface area contributed by atoms with Crippen LogP contribution in [0.4, 0.5) is 4.79 Å². The van der Waals surface area contributed by atoms with Gasteiger partial charge in [-0.2, -0.15) is 5.10 Å². The number of carbonyl (C=O) groups is 1. The van der Waals surface area contributed by atoms with Crippen LogP contribution in [0.2, 0.25) is 0 Å². The zero-order valence-electron chi connectivity index (χ0n) is 16.0. The minimum absolute atomic E-state index is 0.264. The van der Waals surface area contributed by atoms with Gasteiger partial charge in [-0.05, 0) is 36.9 Å². The third-order valence-electron chi connectivity index (χ3n) is 5.13. The van der Waals surface area contributed by atoms with Gasteiger partial charge in [0, 0.05) is 35.1 Å². The average Bonchev–Trinajstić information content (AvgIpc) is 3.08. The summed E-state index contributed by atoms with van der Waals surface area (Å²) in [6.45, 7) is 8.38. The van der Waals surface area contributed by atoms with Gasteiger partial charge in [-0.1, -0.05) is 31.7 Å². The van der Waals surface area contributed by atoms with Gasteiger partial charge >= 0.3 is 6.09 Å². The lowest BCUT2D eigenvalue weighted by atomic mass is 10.1. The third-order valence-corrected chi connectivity index (χ3v) is 6.32. The Hall–Kier alpha value is -2.58. The molecule has 0 radical (unpaired) electrons. The molecule has 0 unspecified atom stereocenters. The lowest BCUT2D eigenvalue weighted by Gasteiger charge is -2.18. The van der Waals surface area contributed by atoms with Crippen molar-refractivity contribution in [3.63, 3.8) is 0 Å². The summed E-state index contributed by atoms with van der Waals surface area (Å²) in [6.07, 6.45) is 0.755. The molecule has 0 bridgehead atoms. The molecular weight excluding hydrogens is 374 g/mol. The number of fused-ring (bicyclic) bond motifs is 2. The van der Waals surface area contributed by atoms with E-state index in [4.69, 9.17) is 10.2 Å². The maximum atomic E-state index is 11.0. The molecule has 0 atom stereocenters. The van der Waals surface area contributed by atoms with Crippen LogP contribution in [0.3, 0.4) is 0 Å². The van der Waals surface area contributed by atoms with Crippen LogP contribution in [-0.4, -0.2) is 50.5 Å². The fraction of sp³-hybridized carbons (Fsp3) is 0.350. The van der Waals surface area contributed by atoms with Gasteiger partial charge < -0.3 is 15.3 Å².